The number of methoxy groups -OCH3 is 1. The van der Waals surface area contributed by atoms with E-state index in [1.165, 1.54) is 0 Å². The van der Waals surface area contributed by atoms with Gasteiger partial charge in [-0.1, -0.05) is 0 Å². The maximum atomic E-state index is 5.56. The van der Waals surface area contributed by atoms with Crippen molar-refractivity contribution in [2.24, 2.45) is 0 Å². The largest absolute Gasteiger partial charge is 0.379 e. The van der Waals surface area contributed by atoms with Crippen LogP contribution >= 0.6 is 0 Å². The topological polar surface area (TPSA) is 18.5 Å². The molecule has 0 radical (unpaired) electrons. The first-order valence-electron chi connectivity index (χ1n) is 3.92. The van der Waals surface area contributed by atoms with E-state index in [1.807, 2.05) is 0 Å². The van der Waals surface area contributed by atoms with Gasteiger partial charge in [0.15, 0.2) is 0 Å². The summed E-state index contributed by atoms with van der Waals surface area (Å²) >= 11 is 0. The Labute approximate surface area is 62.5 Å². The average Bonchev–Trinajstić information content (AvgIpc) is 1.88. The van der Waals surface area contributed by atoms with Gasteiger partial charge >= 0.3 is 0 Å². The van der Waals surface area contributed by atoms with Gasteiger partial charge in [0.1, 0.15) is 0 Å². The molecule has 0 aromatic heterocycles. The summed E-state index contributed by atoms with van der Waals surface area (Å²) in [5.41, 5.74) is 0. The van der Waals surface area contributed by atoms with Crippen molar-refractivity contribution < 1.29 is 9.47 Å². The third-order valence-electron chi connectivity index (χ3n) is 2.13. The van der Waals surface area contributed by atoms with Crippen LogP contribution in [0.15, 0.2) is 0 Å². The molecule has 3 atom stereocenters. The van der Waals surface area contributed by atoms with Crippen molar-refractivity contribution in [1.82, 2.24) is 0 Å². The van der Waals surface area contributed by atoms with Crippen molar-refractivity contribution in [3.05, 3.63) is 0 Å². The van der Waals surface area contributed by atoms with E-state index in [2.05, 4.69) is 13.8 Å². The molecule has 2 heteroatoms. The van der Waals surface area contributed by atoms with Crippen molar-refractivity contribution in [2.75, 3.05) is 7.11 Å². The van der Waals surface area contributed by atoms with Crippen LogP contribution in [0.1, 0.15) is 26.7 Å². The summed E-state index contributed by atoms with van der Waals surface area (Å²) in [6.45, 7) is 4.19. The summed E-state index contributed by atoms with van der Waals surface area (Å²) in [6, 6.07) is 0. The van der Waals surface area contributed by atoms with E-state index in [9.17, 15) is 0 Å². The van der Waals surface area contributed by atoms with Crippen LogP contribution in [0, 0.1) is 0 Å². The highest BCUT2D eigenvalue weighted by Gasteiger charge is 2.25. The van der Waals surface area contributed by atoms with Gasteiger partial charge in [0.25, 0.3) is 0 Å². The lowest BCUT2D eigenvalue weighted by Gasteiger charge is -2.31. The Kier molecular flexibility index (Phi) is 2.69. The van der Waals surface area contributed by atoms with E-state index in [4.69, 9.17) is 9.47 Å². The maximum Gasteiger partial charge on any atom is 0.0831 e. The Bertz CT molecular complexity index is 103. The third-order valence-corrected chi connectivity index (χ3v) is 2.13. The first-order valence-corrected chi connectivity index (χ1v) is 3.92. The molecule has 1 saturated heterocycles. The molecule has 0 bridgehead atoms. The normalized spacial score (nSPS) is 41.7. The molecule has 0 saturated carbocycles. The fourth-order valence-corrected chi connectivity index (χ4v) is 1.47. The molecule has 0 amide bonds. The zero-order valence-corrected chi connectivity index (χ0v) is 6.96. The summed E-state index contributed by atoms with van der Waals surface area (Å²) in [4.78, 5) is 0. The zero-order valence-electron chi connectivity index (χ0n) is 6.96. The molecule has 1 fully saturated rings. The molecule has 1 aliphatic heterocycles. The van der Waals surface area contributed by atoms with Crippen LogP contribution in [0.4, 0.5) is 0 Å². The predicted octanol–water partition coefficient (Wildman–Crippen LogP) is 1.59. The van der Waals surface area contributed by atoms with Gasteiger partial charge in [0.05, 0.1) is 18.3 Å². The SMILES string of the molecule is CO[C@H]1CC[C@H](C)O[C@H]1C. The maximum absolute atomic E-state index is 5.56. The Morgan fingerprint density at radius 3 is 2.50 bits per heavy atom. The Hall–Kier alpha value is -0.0800. The highest BCUT2D eigenvalue weighted by atomic mass is 16.5. The van der Waals surface area contributed by atoms with E-state index in [1.54, 1.807) is 7.11 Å². The van der Waals surface area contributed by atoms with E-state index in [0.29, 0.717) is 12.2 Å². The molecule has 1 rings (SSSR count). The molecule has 0 aromatic carbocycles. The highest BCUT2D eigenvalue weighted by Crippen LogP contribution is 2.20. The fraction of sp³-hybridized carbons (Fsp3) is 1.00. The molecule has 0 unspecified atom stereocenters. The molecule has 0 aromatic rings. The van der Waals surface area contributed by atoms with E-state index in [0.717, 1.165) is 12.8 Å². The molecular formula is C8H16O2. The molecule has 1 heterocycles. The van der Waals surface area contributed by atoms with Crippen LogP contribution in [-0.4, -0.2) is 25.4 Å². The summed E-state index contributed by atoms with van der Waals surface area (Å²) in [5.74, 6) is 0. The zero-order chi connectivity index (χ0) is 7.56. The van der Waals surface area contributed by atoms with Crippen molar-refractivity contribution in [3.63, 3.8) is 0 Å². The van der Waals surface area contributed by atoms with Crippen LogP contribution in [0.5, 0.6) is 0 Å². The molecule has 60 valence electrons. The van der Waals surface area contributed by atoms with Gasteiger partial charge < -0.3 is 9.47 Å². The summed E-state index contributed by atoms with van der Waals surface area (Å²) < 4.78 is 10.8. The lowest BCUT2D eigenvalue weighted by atomic mass is 10.0. The fourth-order valence-electron chi connectivity index (χ4n) is 1.47. The van der Waals surface area contributed by atoms with E-state index in [-0.39, 0.29) is 6.10 Å². The van der Waals surface area contributed by atoms with Crippen molar-refractivity contribution in [3.8, 4) is 0 Å². The highest BCUT2D eigenvalue weighted by molar-refractivity contribution is 4.74. The van der Waals surface area contributed by atoms with Crippen molar-refractivity contribution in [2.45, 2.75) is 45.0 Å². The second-order valence-corrected chi connectivity index (χ2v) is 3.00. The van der Waals surface area contributed by atoms with Gasteiger partial charge in [0, 0.05) is 7.11 Å². The predicted molar refractivity (Wildman–Crippen MR) is 40.0 cm³/mol. The first-order chi connectivity index (χ1) is 4.74. The molecule has 0 spiro atoms. The molecule has 1 aliphatic rings. The molecular weight excluding hydrogens is 128 g/mol. The minimum Gasteiger partial charge on any atom is -0.379 e. The number of hydrogen-bond acceptors (Lipinski definition) is 2. The van der Waals surface area contributed by atoms with Gasteiger partial charge in [-0.2, -0.15) is 0 Å². The van der Waals surface area contributed by atoms with Gasteiger partial charge in [-0.05, 0) is 26.7 Å². The monoisotopic (exact) mass is 144 g/mol. The van der Waals surface area contributed by atoms with Crippen LogP contribution in [0.3, 0.4) is 0 Å². The molecule has 0 N–H and O–H groups in total. The molecule has 0 aliphatic carbocycles. The lowest BCUT2D eigenvalue weighted by Crippen LogP contribution is -2.36. The van der Waals surface area contributed by atoms with Gasteiger partial charge in [-0.3, -0.25) is 0 Å². The first kappa shape index (κ1) is 8.02. The van der Waals surface area contributed by atoms with E-state index < -0.39 is 0 Å². The third kappa shape index (κ3) is 1.70. The second-order valence-electron chi connectivity index (χ2n) is 3.00. The van der Waals surface area contributed by atoms with Crippen LogP contribution in [0.25, 0.3) is 0 Å². The number of hydrogen-bond donors (Lipinski definition) is 0. The van der Waals surface area contributed by atoms with Crippen LogP contribution < -0.4 is 0 Å². The minimum atomic E-state index is 0.272. The van der Waals surface area contributed by atoms with Crippen LogP contribution in [0.2, 0.25) is 0 Å². The Morgan fingerprint density at radius 1 is 1.30 bits per heavy atom. The van der Waals surface area contributed by atoms with Crippen LogP contribution in [-0.2, 0) is 9.47 Å². The second kappa shape index (κ2) is 3.35. The van der Waals surface area contributed by atoms with Gasteiger partial charge in [-0.25, -0.2) is 0 Å². The Morgan fingerprint density at radius 2 is 2.00 bits per heavy atom. The van der Waals surface area contributed by atoms with Gasteiger partial charge in [-0.15, -0.1) is 0 Å². The molecule has 2 nitrogen and oxygen atoms in total. The number of rotatable bonds is 1. The van der Waals surface area contributed by atoms with E-state index >= 15 is 0 Å². The smallest absolute Gasteiger partial charge is 0.0831 e. The van der Waals surface area contributed by atoms with Crippen molar-refractivity contribution >= 4 is 0 Å². The van der Waals surface area contributed by atoms with Crippen molar-refractivity contribution in [1.29, 1.82) is 0 Å². The summed E-state index contributed by atoms with van der Waals surface area (Å²) in [7, 11) is 1.75. The number of ether oxygens (including phenoxy) is 2. The Balaban J connectivity index is 2.36. The molecule has 10 heavy (non-hydrogen) atoms. The quantitative estimate of drug-likeness (QED) is 0.556. The summed E-state index contributed by atoms with van der Waals surface area (Å²) in [5, 5.41) is 0. The standard InChI is InChI=1S/C8H16O2/c1-6-4-5-8(9-3)7(2)10-6/h6-8H,4-5H2,1-3H3/t6-,7-,8-/m0/s1. The average molecular weight is 144 g/mol. The summed E-state index contributed by atoms with van der Waals surface area (Å²) in [6.07, 6.45) is 3.27. The minimum absolute atomic E-state index is 0.272. The van der Waals surface area contributed by atoms with Gasteiger partial charge in [0.2, 0.25) is 0 Å². The lowest BCUT2D eigenvalue weighted by molar-refractivity contribution is -0.114.